The van der Waals surface area contributed by atoms with Gasteiger partial charge < -0.3 is 0 Å². The first-order valence-corrected chi connectivity index (χ1v) is 5.78. The lowest BCUT2D eigenvalue weighted by molar-refractivity contribution is -0.158. The minimum Gasteiger partial charge on any atom is -0.281 e. The van der Waals surface area contributed by atoms with Crippen molar-refractivity contribution in [1.82, 2.24) is 0 Å². The number of rotatable bonds is 4. The van der Waals surface area contributed by atoms with Crippen molar-refractivity contribution in [3.8, 4) is 0 Å². The van der Waals surface area contributed by atoms with Gasteiger partial charge in [0, 0.05) is 6.42 Å². The highest BCUT2D eigenvalue weighted by Crippen LogP contribution is 2.40. The zero-order valence-corrected chi connectivity index (χ0v) is 9.09. The molecule has 1 aromatic carbocycles. The average molecular weight is 272 g/mol. The van der Waals surface area contributed by atoms with Crippen molar-refractivity contribution in [2.45, 2.75) is 17.6 Å². The van der Waals surface area contributed by atoms with E-state index in [1.165, 1.54) is 18.2 Å². The summed E-state index contributed by atoms with van der Waals surface area (Å²) in [6.07, 6.45) is -1.49. The molecule has 96 valence electrons. The Morgan fingerprint density at radius 1 is 1.06 bits per heavy atom. The van der Waals surface area contributed by atoms with Crippen LogP contribution in [0, 0.1) is 0 Å². The fraction of sp³-hybridized carbons (Fsp3) is 0.333. The van der Waals surface area contributed by atoms with Crippen LogP contribution in [0.4, 0.5) is 17.6 Å². The van der Waals surface area contributed by atoms with Crippen molar-refractivity contribution < 1.29 is 30.5 Å². The number of alkyl halides is 4. The van der Waals surface area contributed by atoms with Gasteiger partial charge in [-0.3, -0.25) is 4.55 Å². The normalized spacial score (nSPS) is 13.7. The minimum absolute atomic E-state index is 0.166. The standard InChI is InChI=1S/C9H8F4O3S/c10-8(11,9(12,13)17(14,15)16)6-7-4-2-1-3-5-7/h1-5H,6H2,(H,14,15,16). The van der Waals surface area contributed by atoms with Crippen LogP contribution in [0.1, 0.15) is 5.56 Å². The smallest absolute Gasteiger partial charge is 0.281 e. The molecule has 3 nitrogen and oxygen atoms in total. The van der Waals surface area contributed by atoms with Gasteiger partial charge in [-0.2, -0.15) is 26.0 Å². The van der Waals surface area contributed by atoms with Crippen molar-refractivity contribution in [2.24, 2.45) is 0 Å². The molecule has 0 fully saturated rings. The molecule has 0 heterocycles. The highest BCUT2D eigenvalue weighted by molar-refractivity contribution is 7.87. The highest BCUT2D eigenvalue weighted by atomic mass is 32.2. The van der Waals surface area contributed by atoms with Crippen molar-refractivity contribution in [3.63, 3.8) is 0 Å². The molecule has 0 atom stereocenters. The average Bonchev–Trinajstić information content (AvgIpc) is 2.16. The SMILES string of the molecule is O=S(=O)(O)C(F)(F)C(F)(F)Cc1ccccc1. The summed E-state index contributed by atoms with van der Waals surface area (Å²) >= 11 is 0. The first-order valence-electron chi connectivity index (χ1n) is 4.34. The van der Waals surface area contributed by atoms with Crippen LogP contribution in [0.3, 0.4) is 0 Å². The number of benzene rings is 1. The van der Waals surface area contributed by atoms with E-state index in [0.717, 1.165) is 12.1 Å². The predicted molar refractivity (Wildman–Crippen MR) is 51.6 cm³/mol. The van der Waals surface area contributed by atoms with E-state index < -0.39 is 27.7 Å². The van der Waals surface area contributed by atoms with Gasteiger partial charge in [0.05, 0.1) is 0 Å². The maximum atomic E-state index is 13.1. The van der Waals surface area contributed by atoms with Crippen LogP contribution in [-0.2, 0) is 16.5 Å². The molecule has 17 heavy (non-hydrogen) atoms. The molecule has 1 N–H and O–H groups in total. The summed E-state index contributed by atoms with van der Waals surface area (Å²) in [7, 11) is -6.16. The van der Waals surface area contributed by atoms with Crippen molar-refractivity contribution in [2.75, 3.05) is 0 Å². The van der Waals surface area contributed by atoms with Gasteiger partial charge in [-0.25, -0.2) is 0 Å². The second-order valence-electron chi connectivity index (χ2n) is 3.36. The molecule has 0 bridgehead atoms. The van der Waals surface area contributed by atoms with Crippen LogP contribution in [0.5, 0.6) is 0 Å². The maximum absolute atomic E-state index is 13.1. The molecule has 0 spiro atoms. The summed E-state index contributed by atoms with van der Waals surface area (Å²) in [5.74, 6) is -4.89. The summed E-state index contributed by atoms with van der Waals surface area (Å²) in [5.41, 5.74) is -0.166. The van der Waals surface area contributed by atoms with Gasteiger partial charge in [-0.05, 0) is 5.56 Å². The molecule has 0 aromatic heterocycles. The van der Waals surface area contributed by atoms with Gasteiger partial charge >= 0.3 is 21.3 Å². The molecule has 8 heteroatoms. The van der Waals surface area contributed by atoms with Crippen LogP contribution >= 0.6 is 0 Å². The van der Waals surface area contributed by atoms with E-state index >= 15 is 0 Å². The lowest BCUT2D eigenvalue weighted by Crippen LogP contribution is -2.48. The van der Waals surface area contributed by atoms with Gasteiger partial charge in [0.2, 0.25) is 0 Å². The largest absolute Gasteiger partial charge is 0.431 e. The number of hydrogen-bond acceptors (Lipinski definition) is 2. The van der Waals surface area contributed by atoms with E-state index in [0.29, 0.717) is 0 Å². The quantitative estimate of drug-likeness (QED) is 0.676. The van der Waals surface area contributed by atoms with E-state index in [1.807, 2.05) is 0 Å². The van der Waals surface area contributed by atoms with Crippen molar-refractivity contribution in [3.05, 3.63) is 35.9 Å². The van der Waals surface area contributed by atoms with Crippen LogP contribution in [0.15, 0.2) is 30.3 Å². The monoisotopic (exact) mass is 272 g/mol. The Morgan fingerprint density at radius 2 is 1.53 bits per heavy atom. The Bertz CT molecular complexity index is 484. The fourth-order valence-corrected chi connectivity index (χ4v) is 1.59. The molecule has 0 saturated heterocycles. The van der Waals surface area contributed by atoms with E-state index in [9.17, 15) is 26.0 Å². The molecule has 0 aliphatic rings. The lowest BCUT2D eigenvalue weighted by Gasteiger charge is -2.23. The third-order valence-electron chi connectivity index (χ3n) is 2.02. The second-order valence-corrected chi connectivity index (χ2v) is 4.82. The summed E-state index contributed by atoms with van der Waals surface area (Å²) in [4.78, 5) is 0. The summed E-state index contributed by atoms with van der Waals surface area (Å²) in [6, 6.07) is 6.47. The van der Waals surface area contributed by atoms with E-state index in [1.54, 1.807) is 0 Å². The number of halogens is 4. The van der Waals surface area contributed by atoms with Crippen LogP contribution in [0.2, 0.25) is 0 Å². The molecule has 1 rings (SSSR count). The Hall–Kier alpha value is -1.15. The van der Waals surface area contributed by atoms with Gasteiger partial charge in [0.1, 0.15) is 0 Å². The third-order valence-corrected chi connectivity index (χ3v) is 2.97. The fourth-order valence-electron chi connectivity index (χ4n) is 1.14. The van der Waals surface area contributed by atoms with E-state index in [4.69, 9.17) is 4.55 Å². The summed E-state index contributed by atoms with van der Waals surface area (Å²) in [5, 5.41) is -5.52. The highest BCUT2D eigenvalue weighted by Gasteiger charge is 2.65. The van der Waals surface area contributed by atoms with Crippen molar-refractivity contribution in [1.29, 1.82) is 0 Å². The van der Waals surface area contributed by atoms with E-state index in [-0.39, 0.29) is 5.56 Å². The molecular formula is C9H8F4O3S. The Kier molecular flexibility index (Phi) is 3.49. The molecule has 0 amide bonds. The van der Waals surface area contributed by atoms with Gasteiger partial charge in [0.25, 0.3) is 0 Å². The summed E-state index contributed by atoms with van der Waals surface area (Å²) in [6.45, 7) is 0. The number of hydrogen-bond donors (Lipinski definition) is 1. The van der Waals surface area contributed by atoms with Gasteiger partial charge in [-0.1, -0.05) is 30.3 Å². The first-order chi connectivity index (χ1) is 7.58. The molecular weight excluding hydrogens is 264 g/mol. The van der Waals surface area contributed by atoms with Crippen LogP contribution in [-0.4, -0.2) is 24.1 Å². The molecule has 0 aliphatic carbocycles. The third kappa shape index (κ3) is 2.75. The molecule has 1 aromatic rings. The predicted octanol–water partition coefficient (Wildman–Crippen LogP) is 2.35. The zero-order valence-electron chi connectivity index (χ0n) is 8.28. The Morgan fingerprint density at radius 3 is 1.94 bits per heavy atom. The Balaban J connectivity index is 3.05. The zero-order chi connectivity index (χ0) is 13.3. The molecule has 0 aliphatic heterocycles. The second kappa shape index (κ2) is 4.26. The minimum atomic E-state index is -6.16. The molecule has 0 unspecified atom stereocenters. The van der Waals surface area contributed by atoms with Gasteiger partial charge in [-0.15, -0.1) is 0 Å². The topological polar surface area (TPSA) is 54.4 Å². The van der Waals surface area contributed by atoms with Gasteiger partial charge in [0.15, 0.2) is 0 Å². The first kappa shape index (κ1) is 13.9. The Labute approximate surface area is 94.8 Å². The van der Waals surface area contributed by atoms with Crippen LogP contribution < -0.4 is 0 Å². The van der Waals surface area contributed by atoms with E-state index in [2.05, 4.69) is 0 Å². The van der Waals surface area contributed by atoms with Crippen molar-refractivity contribution >= 4 is 10.1 Å². The summed E-state index contributed by atoms with van der Waals surface area (Å²) < 4.78 is 80.3. The lowest BCUT2D eigenvalue weighted by atomic mass is 10.1. The molecule has 0 radical (unpaired) electrons. The van der Waals surface area contributed by atoms with Crippen LogP contribution in [0.25, 0.3) is 0 Å². The molecule has 0 saturated carbocycles. The maximum Gasteiger partial charge on any atom is 0.431 e.